The molecule has 2 aliphatic rings. The minimum atomic E-state index is -0.135. The minimum Gasteiger partial charge on any atom is -0.492 e. The van der Waals surface area contributed by atoms with Crippen molar-refractivity contribution >= 4 is 11.6 Å². The Morgan fingerprint density at radius 1 is 1.22 bits per heavy atom. The fourth-order valence-electron chi connectivity index (χ4n) is 4.45. The number of nitrogens with zero attached hydrogens (tertiary/aromatic N) is 1. The number of fused-ring (bicyclic) bond motifs is 2. The molecule has 5 nitrogen and oxygen atoms in total. The van der Waals surface area contributed by atoms with Crippen molar-refractivity contribution in [2.24, 2.45) is 0 Å². The van der Waals surface area contributed by atoms with Crippen LogP contribution < -0.4 is 9.47 Å². The Bertz CT molecular complexity index is 1090. The molecular weight excluding hydrogens is 400 g/mol. The molecule has 2 aromatic carbocycles. The molecule has 1 N–H and O–H groups in total. The molecule has 0 saturated heterocycles. The Balaban J connectivity index is 1.60. The van der Waals surface area contributed by atoms with Gasteiger partial charge in [0.1, 0.15) is 17.3 Å². The second-order valence-corrected chi connectivity index (χ2v) is 10.9. The van der Waals surface area contributed by atoms with E-state index in [0.717, 1.165) is 33.8 Å². The molecule has 0 spiro atoms. The quantitative estimate of drug-likeness (QED) is 0.634. The van der Waals surface area contributed by atoms with Crippen LogP contribution >= 0.6 is 0 Å². The zero-order chi connectivity index (χ0) is 23.4. The molecule has 2 heterocycles. The Labute approximate surface area is 191 Å². The summed E-state index contributed by atoms with van der Waals surface area (Å²) >= 11 is 0. The van der Waals surface area contributed by atoms with Gasteiger partial charge in [0.25, 0.3) is 0 Å². The second-order valence-electron chi connectivity index (χ2n) is 10.9. The van der Waals surface area contributed by atoms with Gasteiger partial charge in [-0.15, -0.1) is 0 Å². The number of benzene rings is 2. The standard InChI is InChI=1S/C27H34N2O3/c1-16(2)32-19-9-8-17-13-29(25(28)20(17)12-19)14-23(30)18-10-21(26(3,4)5)24-22(11-18)27(6,7)15-31-24/h8-12,16,28H,13-15H2,1-7H3. The van der Waals surface area contributed by atoms with Crippen molar-refractivity contribution in [2.45, 2.75) is 71.9 Å². The van der Waals surface area contributed by atoms with Crippen molar-refractivity contribution in [1.29, 1.82) is 5.41 Å². The van der Waals surface area contributed by atoms with Gasteiger partial charge >= 0.3 is 0 Å². The molecule has 170 valence electrons. The summed E-state index contributed by atoms with van der Waals surface area (Å²) in [6.45, 7) is 16.1. The topological polar surface area (TPSA) is 62.6 Å². The van der Waals surface area contributed by atoms with E-state index in [4.69, 9.17) is 14.9 Å². The number of rotatable bonds is 5. The van der Waals surface area contributed by atoms with E-state index < -0.39 is 0 Å². The van der Waals surface area contributed by atoms with Gasteiger partial charge in [-0.3, -0.25) is 10.2 Å². The van der Waals surface area contributed by atoms with Gasteiger partial charge in [0.05, 0.1) is 19.3 Å². The number of amidine groups is 1. The number of carbonyl (C=O) groups is 1. The molecule has 32 heavy (non-hydrogen) atoms. The van der Waals surface area contributed by atoms with E-state index in [-0.39, 0.29) is 29.3 Å². The lowest BCUT2D eigenvalue weighted by Gasteiger charge is -2.24. The number of hydrogen-bond donors (Lipinski definition) is 1. The van der Waals surface area contributed by atoms with Gasteiger partial charge in [-0.05, 0) is 49.1 Å². The number of ether oxygens (including phenoxy) is 2. The van der Waals surface area contributed by atoms with Crippen LogP contribution in [0.1, 0.15) is 81.1 Å². The third-order valence-corrected chi connectivity index (χ3v) is 6.25. The molecule has 0 bridgehead atoms. The predicted octanol–water partition coefficient (Wildman–Crippen LogP) is 5.47. The van der Waals surface area contributed by atoms with Gasteiger partial charge in [0.15, 0.2) is 5.78 Å². The largest absolute Gasteiger partial charge is 0.492 e. The molecule has 0 radical (unpaired) electrons. The molecule has 5 heteroatoms. The number of carbonyl (C=O) groups excluding carboxylic acids is 1. The summed E-state index contributed by atoms with van der Waals surface area (Å²) in [4.78, 5) is 15.2. The number of hydrogen-bond acceptors (Lipinski definition) is 4. The van der Waals surface area contributed by atoms with E-state index >= 15 is 0 Å². The van der Waals surface area contributed by atoms with Crippen LogP contribution in [0.3, 0.4) is 0 Å². The summed E-state index contributed by atoms with van der Waals surface area (Å²) in [5.41, 5.74) is 4.49. The van der Waals surface area contributed by atoms with E-state index in [9.17, 15) is 4.79 Å². The van der Waals surface area contributed by atoms with Gasteiger partial charge < -0.3 is 14.4 Å². The van der Waals surface area contributed by atoms with Crippen molar-refractivity contribution in [3.8, 4) is 11.5 Å². The predicted molar refractivity (Wildman–Crippen MR) is 127 cm³/mol. The molecule has 4 rings (SSSR count). The number of ketones is 1. The lowest BCUT2D eigenvalue weighted by Crippen LogP contribution is -2.30. The molecule has 0 atom stereocenters. The number of Topliss-reactive ketones (excluding diaryl/α,β-unsaturated/α-hetero) is 1. The highest BCUT2D eigenvalue weighted by molar-refractivity contribution is 6.05. The average molecular weight is 435 g/mol. The fraction of sp³-hybridized carbons (Fsp3) is 0.481. The SMILES string of the molecule is CC(C)Oc1ccc2c(c1)C(=N)N(CC(=O)c1cc(C(C)(C)C)c3c(c1)C(C)(C)CO3)C2. The van der Waals surface area contributed by atoms with Crippen LogP contribution in [0.2, 0.25) is 0 Å². The average Bonchev–Trinajstić information content (AvgIpc) is 3.16. The zero-order valence-electron chi connectivity index (χ0n) is 20.3. The molecule has 0 saturated carbocycles. The first kappa shape index (κ1) is 22.4. The molecular formula is C27H34N2O3. The van der Waals surface area contributed by atoms with Gasteiger partial charge in [-0.1, -0.05) is 40.7 Å². The summed E-state index contributed by atoms with van der Waals surface area (Å²) in [6, 6.07) is 9.84. The Kier molecular flexibility index (Phi) is 5.35. The molecule has 2 aromatic rings. The van der Waals surface area contributed by atoms with E-state index in [1.165, 1.54) is 0 Å². The van der Waals surface area contributed by atoms with Crippen molar-refractivity contribution in [3.05, 3.63) is 58.1 Å². The first-order chi connectivity index (χ1) is 14.9. The van der Waals surface area contributed by atoms with E-state index in [0.29, 0.717) is 24.6 Å². The van der Waals surface area contributed by atoms with Gasteiger partial charge in [-0.2, -0.15) is 0 Å². The second kappa shape index (κ2) is 7.65. The van der Waals surface area contributed by atoms with Crippen LogP contribution in [-0.2, 0) is 17.4 Å². The van der Waals surface area contributed by atoms with Crippen LogP contribution in [0.5, 0.6) is 11.5 Å². The van der Waals surface area contributed by atoms with Crippen molar-refractivity contribution in [1.82, 2.24) is 4.90 Å². The van der Waals surface area contributed by atoms with Crippen molar-refractivity contribution in [3.63, 3.8) is 0 Å². The Hall–Kier alpha value is -2.82. The smallest absolute Gasteiger partial charge is 0.182 e. The zero-order valence-corrected chi connectivity index (χ0v) is 20.3. The molecule has 0 unspecified atom stereocenters. The van der Waals surface area contributed by atoms with Crippen LogP contribution in [0, 0.1) is 5.41 Å². The molecule has 2 aliphatic heterocycles. The lowest BCUT2D eigenvalue weighted by atomic mass is 9.79. The Morgan fingerprint density at radius 3 is 2.59 bits per heavy atom. The van der Waals surface area contributed by atoms with E-state index in [2.05, 4.69) is 34.6 Å². The third kappa shape index (κ3) is 4.01. The first-order valence-corrected chi connectivity index (χ1v) is 11.4. The fourth-order valence-corrected chi connectivity index (χ4v) is 4.45. The van der Waals surface area contributed by atoms with Crippen molar-refractivity contribution < 1.29 is 14.3 Å². The van der Waals surface area contributed by atoms with Crippen LogP contribution in [0.25, 0.3) is 0 Å². The summed E-state index contributed by atoms with van der Waals surface area (Å²) in [5.74, 6) is 2.09. The highest BCUT2D eigenvalue weighted by atomic mass is 16.5. The third-order valence-electron chi connectivity index (χ3n) is 6.25. The highest BCUT2D eigenvalue weighted by Crippen LogP contribution is 2.45. The van der Waals surface area contributed by atoms with Gasteiger partial charge in [-0.25, -0.2) is 0 Å². The highest BCUT2D eigenvalue weighted by Gasteiger charge is 2.37. The van der Waals surface area contributed by atoms with Crippen LogP contribution in [0.4, 0.5) is 0 Å². The van der Waals surface area contributed by atoms with Crippen LogP contribution in [-0.4, -0.2) is 35.8 Å². The maximum absolute atomic E-state index is 13.4. The van der Waals surface area contributed by atoms with E-state index in [1.807, 2.05) is 49.1 Å². The Morgan fingerprint density at radius 2 is 1.94 bits per heavy atom. The summed E-state index contributed by atoms with van der Waals surface area (Å²) < 4.78 is 11.9. The molecule has 0 aromatic heterocycles. The maximum atomic E-state index is 13.4. The van der Waals surface area contributed by atoms with Crippen molar-refractivity contribution in [2.75, 3.05) is 13.2 Å². The first-order valence-electron chi connectivity index (χ1n) is 11.4. The van der Waals surface area contributed by atoms with Gasteiger partial charge in [0, 0.05) is 34.2 Å². The van der Waals surface area contributed by atoms with Gasteiger partial charge in [0.2, 0.25) is 0 Å². The maximum Gasteiger partial charge on any atom is 0.182 e. The summed E-state index contributed by atoms with van der Waals surface area (Å²) in [6.07, 6.45) is 0.0753. The molecule has 0 fully saturated rings. The minimum absolute atomic E-state index is 0.0252. The van der Waals surface area contributed by atoms with E-state index in [1.54, 1.807) is 0 Å². The molecule has 0 aliphatic carbocycles. The van der Waals surface area contributed by atoms with Crippen LogP contribution in [0.15, 0.2) is 30.3 Å². The number of nitrogens with one attached hydrogen (secondary N) is 1. The normalized spacial score (nSPS) is 16.8. The summed E-state index contributed by atoms with van der Waals surface area (Å²) in [5, 5.41) is 8.65. The lowest BCUT2D eigenvalue weighted by molar-refractivity contribution is 0.0962. The summed E-state index contributed by atoms with van der Waals surface area (Å²) in [7, 11) is 0. The monoisotopic (exact) mass is 434 g/mol. The molecule has 0 amide bonds.